The molecule has 2 heterocycles. The van der Waals surface area contributed by atoms with E-state index in [0.29, 0.717) is 34.4 Å². The molecule has 0 atom stereocenters. The van der Waals surface area contributed by atoms with Gasteiger partial charge in [-0.15, -0.1) is 16.8 Å². The van der Waals surface area contributed by atoms with E-state index in [1.807, 2.05) is 0 Å². The van der Waals surface area contributed by atoms with Gasteiger partial charge in [-0.05, 0) is 29.8 Å². The molecule has 0 aliphatic rings. The molecule has 146 valence electrons. The maximum Gasteiger partial charge on any atom is 0.336 e. The highest BCUT2D eigenvalue weighted by molar-refractivity contribution is 7.98. The van der Waals surface area contributed by atoms with E-state index in [4.69, 9.17) is 4.42 Å². The zero-order valence-electron chi connectivity index (χ0n) is 15.2. The largest absolute Gasteiger partial charge is 0.508 e. The second kappa shape index (κ2) is 7.92. The van der Waals surface area contributed by atoms with E-state index in [1.54, 1.807) is 34.9 Å². The van der Waals surface area contributed by atoms with E-state index in [1.165, 1.54) is 36.0 Å². The van der Waals surface area contributed by atoms with Crippen LogP contribution in [0.2, 0.25) is 0 Å². The van der Waals surface area contributed by atoms with Gasteiger partial charge in [-0.25, -0.2) is 9.18 Å². The molecule has 0 saturated heterocycles. The molecule has 4 aromatic rings. The SMILES string of the molecule is C=CCn1c(SCc2cc(=O)oc3cc(O)ccc23)nnc1-c1ccccc1F. The molecule has 0 aliphatic heterocycles. The minimum Gasteiger partial charge on any atom is -0.508 e. The number of thioether (sulfide) groups is 1. The number of halogens is 1. The predicted octanol–water partition coefficient (Wildman–Crippen LogP) is 4.37. The van der Waals surface area contributed by atoms with Crippen molar-refractivity contribution in [2.24, 2.45) is 0 Å². The van der Waals surface area contributed by atoms with Crippen molar-refractivity contribution >= 4 is 22.7 Å². The first-order valence-electron chi connectivity index (χ1n) is 8.74. The summed E-state index contributed by atoms with van der Waals surface area (Å²) in [6, 6.07) is 12.4. The van der Waals surface area contributed by atoms with Crippen molar-refractivity contribution in [2.45, 2.75) is 17.5 Å². The first-order chi connectivity index (χ1) is 14.1. The van der Waals surface area contributed by atoms with Crippen LogP contribution in [0.15, 0.2) is 75.6 Å². The molecule has 2 aromatic carbocycles. The van der Waals surface area contributed by atoms with E-state index in [0.717, 1.165) is 10.9 Å². The van der Waals surface area contributed by atoms with Crippen LogP contribution in [-0.4, -0.2) is 19.9 Å². The Hall–Kier alpha value is -3.39. The second-order valence-corrected chi connectivity index (χ2v) is 7.19. The van der Waals surface area contributed by atoms with Gasteiger partial charge < -0.3 is 9.52 Å². The minimum atomic E-state index is -0.502. The lowest BCUT2D eigenvalue weighted by Gasteiger charge is -2.09. The molecule has 4 rings (SSSR count). The van der Waals surface area contributed by atoms with Crippen molar-refractivity contribution in [1.82, 2.24) is 14.8 Å². The standard InChI is InChI=1S/C21H16FN3O3S/c1-2-9-25-20(16-5-3-4-6-17(16)22)23-24-21(25)29-12-13-10-19(27)28-18-11-14(26)7-8-15(13)18/h2-8,10-11,26H,1,9,12H2. The van der Waals surface area contributed by atoms with Crippen LogP contribution in [0.1, 0.15) is 5.56 Å². The predicted molar refractivity (Wildman–Crippen MR) is 109 cm³/mol. The molecule has 0 saturated carbocycles. The minimum absolute atomic E-state index is 0.0192. The summed E-state index contributed by atoms with van der Waals surface area (Å²) in [5, 5.41) is 19.3. The highest BCUT2D eigenvalue weighted by atomic mass is 32.2. The summed E-state index contributed by atoms with van der Waals surface area (Å²) in [4.78, 5) is 11.9. The van der Waals surface area contributed by atoms with E-state index in [9.17, 15) is 14.3 Å². The third kappa shape index (κ3) is 3.79. The Morgan fingerprint density at radius 2 is 2.03 bits per heavy atom. The van der Waals surface area contributed by atoms with Crippen LogP contribution in [0.25, 0.3) is 22.4 Å². The van der Waals surface area contributed by atoms with Gasteiger partial charge in [0.1, 0.15) is 17.1 Å². The van der Waals surface area contributed by atoms with Crippen molar-refractivity contribution in [1.29, 1.82) is 0 Å². The zero-order valence-corrected chi connectivity index (χ0v) is 16.0. The summed E-state index contributed by atoms with van der Waals surface area (Å²) in [5.74, 6) is 0.464. The fourth-order valence-electron chi connectivity index (χ4n) is 3.01. The number of allylic oxidation sites excluding steroid dienone is 1. The number of phenolic OH excluding ortho intramolecular Hbond substituents is 1. The van der Waals surface area contributed by atoms with Gasteiger partial charge in [0.2, 0.25) is 0 Å². The van der Waals surface area contributed by atoms with E-state index < -0.39 is 5.63 Å². The second-order valence-electron chi connectivity index (χ2n) is 6.25. The molecule has 0 radical (unpaired) electrons. The van der Waals surface area contributed by atoms with E-state index in [2.05, 4.69) is 16.8 Å². The number of aromatic hydroxyl groups is 1. The molecule has 2 aromatic heterocycles. The summed E-state index contributed by atoms with van der Waals surface area (Å²) in [7, 11) is 0. The highest BCUT2D eigenvalue weighted by Crippen LogP contribution is 2.30. The summed E-state index contributed by atoms with van der Waals surface area (Å²) in [6.45, 7) is 4.16. The number of hydrogen-bond donors (Lipinski definition) is 1. The maximum atomic E-state index is 14.2. The molecule has 8 heteroatoms. The maximum absolute atomic E-state index is 14.2. The molecule has 1 N–H and O–H groups in total. The fraction of sp³-hybridized carbons (Fsp3) is 0.0952. The third-order valence-corrected chi connectivity index (χ3v) is 5.33. The van der Waals surface area contributed by atoms with Crippen LogP contribution in [0, 0.1) is 5.82 Å². The molecule has 0 unspecified atom stereocenters. The summed E-state index contributed by atoms with van der Waals surface area (Å²) in [5.41, 5.74) is 0.905. The lowest BCUT2D eigenvalue weighted by molar-refractivity contribution is 0.473. The van der Waals surface area contributed by atoms with Crippen LogP contribution >= 0.6 is 11.8 Å². The molecule has 0 aliphatic carbocycles. The quantitative estimate of drug-likeness (QED) is 0.289. The highest BCUT2D eigenvalue weighted by Gasteiger charge is 2.17. The van der Waals surface area contributed by atoms with Crippen LogP contribution in [-0.2, 0) is 12.3 Å². The molecule has 0 spiro atoms. The Labute approximate surface area is 169 Å². The lowest BCUT2D eigenvalue weighted by atomic mass is 10.1. The van der Waals surface area contributed by atoms with Crippen molar-refractivity contribution in [3.8, 4) is 17.1 Å². The van der Waals surface area contributed by atoms with Crippen molar-refractivity contribution < 1.29 is 13.9 Å². The van der Waals surface area contributed by atoms with Crippen molar-refractivity contribution in [3.63, 3.8) is 0 Å². The number of aromatic nitrogens is 3. The van der Waals surface area contributed by atoms with Gasteiger partial charge >= 0.3 is 5.63 Å². The number of hydrogen-bond acceptors (Lipinski definition) is 6. The number of nitrogens with zero attached hydrogens (tertiary/aromatic N) is 3. The Bertz CT molecular complexity index is 1270. The van der Waals surface area contributed by atoms with Crippen molar-refractivity contribution in [3.05, 3.63) is 83.0 Å². The van der Waals surface area contributed by atoms with Crippen LogP contribution in [0.4, 0.5) is 4.39 Å². The summed E-state index contributed by atoms with van der Waals surface area (Å²) < 4.78 is 21.2. The monoisotopic (exact) mass is 409 g/mol. The summed E-state index contributed by atoms with van der Waals surface area (Å²) in [6.07, 6.45) is 1.69. The van der Waals surface area contributed by atoms with Crippen LogP contribution in [0.3, 0.4) is 0 Å². The third-order valence-electron chi connectivity index (χ3n) is 4.31. The van der Waals surface area contributed by atoms with Gasteiger partial charge in [0, 0.05) is 29.8 Å². The average Bonchev–Trinajstić information content (AvgIpc) is 3.08. The van der Waals surface area contributed by atoms with Gasteiger partial charge in [0.05, 0.1) is 5.56 Å². The van der Waals surface area contributed by atoms with Gasteiger partial charge in [0.25, 0.3) is 0 Å². The topological polar surface area (TPSA) is 81.2 Å². The van der Waals surface area contributed by atoms with E-state index in [-0.39, 0.29) is 11.6 Å². The Morgan fingerprint density at radius 3 is 2.83 bits per heavy atom. The van der Waals surface area contributed by atoms with Gasteiger partial charge in [0.15, 0.2) is 11.0 Å². The lowest BCUT2D eigenvalue weighted by Crippen LogP contribution is -2.03. The number of phenols is 1. The number of rotatable bonds is 6. The zero-order chi connectivity index (χ0) is 20.4. The molecule has 0 bridgehead atoms. The van der Waals surface area contributed by atoms with Gasteiger partial charge in [-0.1, -0.05) is 30.0 Å². The number of fused-ring (bicyclic) bond motifs is 1. The van der Waals surface area contributed by atoms with Gasteiger partial charge in [-0.2, -0.15) is 0 Å². The molecule has 6 nitrogen and oxygen atoms in total. The average molecular weight is 409 g/mol. The molecule has 29 heavy (non-hydrogen) atoms. The first-order valence-corrected chi connectivity index (χ1v) is 9.73. The first kappa shape index (κ1) is 18.9. The smallest absolute Gasteiger partial charge is 0.336 e. The number of benzene rings is 2. The van der Waals surface area contributed by atoms with Crippen molar-refractivity contribution in [2.75, 3.05) is 0 Å². The fourth-order valence-corrected chi connectivity index (χ4v) is 3.95. The molecular formula is C21H16FN3O3S. The molecule has 0 amide bonds. The van der Waals surface area contributed by atoms with E-state index >= 15 is 0 Å². The Kier molecular flexibility index (Phi) is 5.18. The normalized spacial score (nSPS) is 11.1. The summed E-state index contributed by atoms with van der Waals surface area (Å²) >= 11 is 1.37. The molecule has 0 fully saturated rings. The Balaban J connectivity index is 1.69. The Morgan fingerprint density at radius 1 is 1.21 bits per heavy atom. The van der Waals surface area contributed by atoms with Crippen LogP contribution in [0.5, 0.6) is 5.75 Å². The van der Waals surface area contributed by atoms with Crippen LogP contribution < -0.4 is 5.63 Å². The molecular weight excluding hydrogens is 393 g/mol. The van der Waals surface area contributed by atoms with Gasteiger partial charge in [-0.3, -0.25) is 4.57 Å².